The molecule has 0 saturated carbocycles. The van der Waals surface area contributed by atoms with Crippen molar-refractivity contribution in [2.45, 2.75) is 19.4 Å². The molecule has 0 radical (unpaired) electrons. The number of nitrogens with zero attached hydrogens (tertiary/aromatic N) is 3. The Labute approximate surface area is 208 Å². The van der Waals surface area contributed by atoms with Crippen molar-refractivity contribution in [3.05, 3.63) is 100 Å². The number of aryl methyl sites for hydroxylation is 1. The van der Waals surface area contributed by atoms with E-state index < -0.39 is 0 Å². The molecule has 4 aromatic rings. The summed E-state index contributed by atoms with van der Waals surface area (Å²) in [6, 6.07) is 17.3. The zero-order valence-electron chi connectivity index (χ0n) is 19.2. The summed E-state index contributed by atoms with van der Waals surface area (Å²) < 4.78 is 7.38. The highest BCUT2D eigenvalue weighted by Crippen LogP contribution is 2.28. The smallest absolute Gasteiger partial charge is 0.258 e. The number of benzene rings is 2. The van der Waals surface area contributed by atoms with Crippen LogP contribution in [0.5, 0.6) is 0 Å². The normalized spacial score (nSPS) is 14.9. The second-order valence-corrected chi connectivity index (χ2v) is 8.79. The van der Waals surface area contributed by atoms with Crippen LogP contribution in [0.25, 0.3) is 11.1 Å². The summed E-state index contributed by atoms with van der Waals surface area (Å²) in [5, 5.41) is 7.72. The molecule has 0 aliphatic carbocycles. The van der Waals surface area contributed by atoms with E-state index in [1.807, 2.05) is 60.3 Å². The highest BCUT2D eigenvalue weighted by atomic mass is 35.5. The second-order valence-electron chi connectivity index (χ2n) is 8.38. The summed E-state index contributed by atoms with van der Waals surface area (Å²) in [5.74, 6) is 6.36. The highest BCUT2D eigenvalue weighted by molar-refractivity contribution is 6.34. The average Bonchev–Trinajstić information content (AvgIpc) is 3.58. The van der Waals surface area contributed by atoms with Gasteiger partial charge in [0.05, 0.1) is 29.4 Å². The lowest BCUT2D eigenvalue weighted by molar-refractivity contribution is 0.102. The van der Waals surface area contributed by atoms with Crippen molar-refractivity contribution in [2.24, 2.45) is 0 Å². The van der Waals surface area contributed by atoms with Gasteiger partial charge in [0.25, 0.3) is 5.91 Å². The van der Waals surface area contributed by atoms with Gasteiger partial charge >= 0.3 is 0 Å². The molecular weight excluding hydrogens is 460 g/mol. The van der Waals surface area contributed by atoms with Crippen LogP contribution in [0.2, 0.25) is 5.02 Å². The van der Waals surface area contributed by atoms with E-state index in [0.717, 1.165) is 40.8 Å². The average molecular weight is 483 g/mol. The van der Waals surface area contributed by atoms with Crippen LogP contribution in [0.3, 0.4) is 0 Å². The highest BCUT2D eigenvalue weighted by Gasteiger charge is 2.19. The van der Waals surface area contributed by atoms with Crippen molar-refractivity contribution in [1.29, 1.82) is 0 Å². The van der Waals surface area contributed by atoms with Gasteiger partial charge < -0.3 is 10.1 Å². The minimum absolute atomic E-state index is 0.244. The lowest BCUT2D eigenvalue weighted by Crippen LogP contribution is -2.14. The van der Waals surface area contributed by atoms with Gasteiger partial charge in [-0.15, -0.1) is 0 Å². The van der Waals surface area contributed by atoms with Gasteiger partial charge in [-0.1, -0.05) is 47.7 Å². The van der Waals surface area contributed by atoms with E-state index in [1.165, 1.54) is 0 Å². The SMILES string of the molecule is Cc1cc(C#Cc2ccccc2)cnc1NC(=O)c1cc(-c2cnn(C3CCOC3)c2)ccc1Cl. The fraction of sp³-hybridized carbons (Fsp3) is 0.179. The Balaban J connectivity index is 1.33. The largest absolute Gasteiger partial charge is 0.379 e. The molecule has 35 heavy (non-hydrogen) atoms. The molecule has 1 fully saturated rings. The molecule has 174 valence electrons. The van der Waals surface area contributed by atoms with Crippen molar-refractivity contribution in [3.8, 4) is 23.0 Å². The molecule has 1 aliphatic rings. The number of hydrogen-bond acceptors (Lipinski definition) is 4. The Morgan fingerprint density at radius 3 is 2.69 bits per heavy atom. The third-order valence-corrected chi connectivity index (χ3v) is 6.19. The van der Waals surface area contributed by atoms with E-state index >= 15 is 0 Å². The van der Waals surface area contributed by atoms with Crippen LogP contribution in [0.1, 0.15) is 39.5 Å². The summed E-state index contributed by atoms with van der Waals surface area (Å²) in [7, 11) is 0. The fourth-order valence-corrected chi connectivity index (χ4v) is 4.11. The van der Waals surface area contributed by atoms with Crippen molar-refractivity contribution in [3.63, 3.8) is 0 Å². The summed E-state index contributed by atoms with van der Waals surface area (Å²) in [4.78, 5) is 17.5. The number of carbonyl (C=O) groups is 1. The zero-order chi connectivity index (χ0) is 24.2. The van der Waals surface area contributed by atoms with Crippen LogP contribution < -0.4 is 5.32 Å². The number of pyridine rings is 1. The summed E-state index contributed by atoms with van der Waals surface area (Å²) in [6.07, 6.45) is 6.37. The minimum Gasteiger partial charge on any atom is -0.379 e. The fourth-order valence-electron chi connectivity index (χ4n) is 3.91. The number of ether oxygens (including phenoxy) is 1. The first-order valence-corrected chi connectivity index (χ1v) is 11.7. The van der Waals surface area contributed by atoms with Gasteiger partial charge in [-0.2, -0.15) is 5.10 Å². The zero-order valence-corrected chi connectivity index (χ0v) is 19.9. The topological polar surface area (TPSA) is 69.0 Å². The minimum atomic E-state index is -0.327. The molecule has 6 nitrogen and oxygen atoms in total. The maximum atomic E-state index is 13.1. The Hall–Kier alpha value is -3.92. The summed E-state index contributed by atoms with van der Waals surface area (Å²) in [6.45, 7) is 3.30. The number of amides is 1. The van der Waals surface area contributed by atoms with E-state index in [0.29, 0.717) is 23.0 Å². The predicted octanol–water partition coefficient (Wildman–Crippen LogP) is 5.52. The van der Waals surface area contributed by atoms with E-state index in [1.54, 1.807) is 24.5 Å². The molecule has 1 unspecified atom stereocenters. The molecule has 2 aromatic carbocycles. The molecule has 0 bridgehead atoms. The van der Waals surface area contributed by atoms with E-state index in [-0.39, 0.29) is 11.9 Å². The van der Waals surface area contributed by atoms with Gasteiger partial charge in [0.15, 0.2) is 0 Å². The van der Waals surface area contributed by atoms with Crippen LogP contribution in [0, 0.1) is 18.8 Å². The van der Waals surface area contributed by atoms with Crippen LogP contribution in [0.15, 0.2) is 73.2 Å². The Morgan fingerprint density at radius 1 is 1.09 bits per heavy atom. The summed E-state index contributed by atoms with van der Waals surface area (Å²) in [5.41, 5.74) is 4.66. The maximum Gasteiger partial charge on any atom is 0.258 e. The first-order chi connectivity index (χ1) is 17.1. The Morgan fingerprint density at radius 2 is 1.91 bits per heavy atom. The number of rotatable bonds is 4. The van der Waals surface area contributed by atoms with Gasteiger partial charge in [0.1, 0.15) is 5.82 Å². The Bertz CT molecular complexity index is 1430. The van der Waals surface area contributed by atoms with Crippen molar-refractivity contribution < 1.29 is 9.53 Å². The maximum absolute atomic E-state index is 13.1. The molecule has 1 atom stereocenters. The number of aromatic nitrogens is 3. The van der Waals surface area contributed by atoms with Crippen LogP contribution >= 0.6 is 11.6 Å². The third-order valence-electron chi connectivity index (χ3n) is 5.86. The summed E-state index contributed by atoms with van der Waals surface area (Å²) >= 11 is 6.38. The van der Waals surface area contributed by atoms with E-state index in [2.05, 4.69) is 27.2 Å². The number of carbonyl (C=O) groups excluding carboxylic acids is 1. The first kappa shape index (κ1) is 22.9. The molecule has 5 rings (SSSR count). The molecule has 7 heteroatoms. The van der Waals surface area contributed by atoms with Gasteiger partial charge in [0.2, 0.25) is 0 Å². The molecule has 0 spiro atoms. The molecule has 1 aliphatic heterocycles. The van der Waals surface area contributed by atoms with Crippen molar-refractivity contribution in [2.75, 3.05) is 18.5 Å². The van der Waals surface area contributed by atoms with E-state index in [4.69, 9.17) is 16.3 Å². The molecular formula is C28H23ClN4O2. The van der Waals surface area contributed by atoms with Gasteiger partial charge in [-0.3, -0.25) is 9.48 Å². The van der Waals surface area contributed by atoms with Gasteiger partial charge in [-0.05, 0) is 54.8 Å². The third kappa shape index (κ3) is 5.27. The lowest BCUT2D eigenvalue weighted by Gasteiger charge is -2.10. The lowest BCUT2D eigenvalue weighted by atomic mass is 10.1. The molecule has 1 saturated heterocycles. The molecule has 2 aromatic heterocycles. The van der Waals surface area contributed by atoms with E-state index in [9.17, 15) is 4.79 Å². The predicted molar refractivity (Wildman–Crippen MR) is 136 cm³/mol. The van der Waals surface area contributed by atoms with Gasteiger partial charge in [0, 0.05) is 35.7 Å². The number of hydrogen-bond donors (Lipinski definition) is 1. The van der Waals surface area contributed by atoms with Crippen LogP contribution in [-0.2, 0) is 4.74 Å². The second kappa shape index (κ2) is 10.1. The quantitative estimate of drug-likeness (QED) is 0.389. The van der Waals surface area contributed by atoms with Crippen LogP contribution in [-0.4, -0.2) is 33.9 Å². The molecule has 1 amide bonds. The van der Waals surface area contributed by atoms with Gasteiger partial charge in [-0.25, -0.2) is 4.98 Å². The Kier molecular flexibility index (Phi) is 6.62. The number of nitrogens with one attached hydrogen (secondary N) is 1. The molecule has 1 N–H and O–H groups in total. The standard InChI is InChI=1S/C28H23ClN4O2/c1-19-13-21(8-7-20-5-3-2-4-6-20)15-30-27(19)32-28(34)25-14-22(9-10-26(25)29)23-16-31-33(17-23)24-11-12-35-18-24/h2-6,9-10,13-17,24H,11-12,18H2,1H3,(H,30,32,34). The first-order valence-electron chi connectivity index (χ1n) is 11.3. The van der Waals surface area contributed by atoms with Crippen molar-refractivity contribution in [1.82, 2.24) is 14.8 Å². The van der Waals surface area contributed by atoms with Crippen LogP contribution in [0.4, 0.5) is 5.82 Å². The molecule has 3 heterocycles. The number of halogens is 1. The monoisotopic (exact) mass is 482 g/mol. The number of anilines is 1. The van der Waals surface area contributed by atoms with Crippen molar-refractivity contribution >= 4 is 23.3 Å².